The number of carbonyl (C=O) groups is 1. The zero-order valence-corrected chi connectivity index (χ0v) is 15.1. The Morgan fingerprint density at radius 1 is 1.16 bits per heavy atom. The second kappa shape index (κ2) is 8.10. The van der Waals surface area contributed by atoms with Crippen LogP contribution in [0.3, 0.4) is 0 Å². The van der Waals surface area contributed by atoms with E-state index in [9.17, 15) is 4.79 Å². The Hall–Kier alpha value is -2.43. The number of hydrogen-bond acceptors (Lipinski definition) is 4. The van der Waals surface area contributed by atoms with E-state index in [1.54, 1.807) is 17.2 Å². The van der Waals surface area contributed by atoms with Crippen LogP contribution in [0.4, 0.5) is 11.6 Å². The number of nitrogens with zero attached hydrogens (tertiary/aromatic N) is 4. The minimum absolute atomic E-state index is 0.0772. The van der Waals surface area contributed by atoms with Crippen molar-refractivity contribution in [3.8, 4) is 0 Å². The van der Waals surface area contributed by atoms with Crippen LogP contribution in [-0.2, 0) is 0 Å². The second-order valence-corrected chi connectivity index (χ2v) is 6.53. The maximum Gasteiger partial charge on any atom is 0.277 e. The van der Waals surface area contributed by atoms with Gasteiger partial charge in [0.25, 0.3) is 5.91 Å². The highest BCUT2D eigenvalue weighted by Crippen LogP contribution is 2.20. The van der Waals surface area contributed by atoms with Crippen LogP contribution in [0, 0.1) is 6.92 Å². The lowest BCUT2D eigenvalue weighted by molar-refractivity contribution is 0.0983. The molecule has 0 radical (unpaired) electrons. The average molecular weight is 338 g/mol. The fourth-order valence-corrected chi connectivity index (χ4v) is 3.27. The Kier molecular flexibility index (Phi) is 5.64. The highest BCUT2D eigenvalue weighted by atomic mass is 16.2. The van der Waals surface area contributed by atoms with Crippen LogP contribution in [0.5, 0.6) is 0 Å². The van der Waals surface area contributed by atoms with Gasteiger partial charge in [0.05, 0.1) is 0 Å². The molecule has 0 saturated carbocycles. The third-order valence-corrected chi connectivity index (χ3v) is 4.63. The van der Waals surface area contributed by atoms with Crippen molar-refractivity contribution in [1.29, 1.82) is 0 Å². The molecule has 0 spiro atoms. The minimum atomic E-state index is -0.0772. The van der Waals surface area contributed by atoms with Crippen LogP contribution in [-0.4, -0.2) is 35.5 Å². The number of anilines is 2. The molecule has 0 aliphatic carbocycles. The number of carbonyl (C=O) groups excluding carboxylic acids is 1. The van der Waals surface area contributed by atoms with Crippen LogP contribution >= 0.6 is 0 Å². The van der Waals surface area contributed by atoms with Crippen molar-refractivity contribution in [2.75, 3.05) is 29.4 Å². The van der Waals surface area contributed by atoms with Crippen molar-refractivity contribution in [3.63, 3.8) is 0 Å². The van der Waals surface area contributed by atoms with Gasteiger partial charge in [-0.05, 0) is 50.5 Å². The molecule has 1 saturated heterocycles. The van der Waals surface area contributed by atoms with Crippen molar-refractivity contribution in [2.45, 2.75) is 39.5 Å². The van der Waals surface area contributed by atoms with Gasteiger partial charge >= 0.3 is 0 Å². The maximum atomic E-state index is 13.0. The molecule has 0 atom stereocenters. The number of aromatic nitrogens is 2. The fraction of sp³-hybridized carbons (Fsp3) is 0.450. The zero-order chi connectivity index (χ0) is 17.6. The van der Waals surface area contributed by atoms with Crippen molar-refractivity contribution in [1.82, 2.24) is 9.97 Å². The third-order valence-electron chi connectivity index (χ3n) is 4.63. The summed E-state index contributed by atoms with van der Waals surface area (Å²) in [6.07, 6.45) is 6.53. The summed E-state index contributed by atoms with van der Waals surface area (Å²) in [5.74, 6) is 0.597. The Morgan fingerprint density at radius 3 is 2.60 bits per heavy atom. The molecular formula is C20H26N4O. The summed E-state index contributed by atoms with van der Waals surface area (Å²) < 4.78 is 0. The van der Waals surface area contributed by atoms with E-state index < -0.39 is 0 Å². The molecule has 1 aromatic carbocycles. The lowest BCUT2D eigenvalue weighted by atomic mass is 10.2. The molecule has 2 heterocycles. The van der Waals surface area contributed by atoms with Crippen LogP contribution in [0.1, 0.15) is 48.7 Å². The van der Waals surface area contributed by atoms with E-state index in [-0.39, 0.29) is 5.91 Å². The summed E-state index contributed by atoms with van der Waals surface area (Å²) in [4.78, 5) is 26.0. The predicted octanol–water partition coefficient (Wildman–Crippen LogP) is 3.83. The van der Waals surface area contributed by atoms with Crippen LogP contribution < -0.4 is 9.80 Å². The molecule has 132 valence electrons. The SMILES string of the molecule is CCN(C(=O)c1ccnc(N2CCCCCC2)n1)c1cccc(C)c1. The summed E-state index contributed by atoms with van der Waals surface area (Å²) in [7, 11) is 0. The van der Waals surface area contributed by atoms with Gasteiger partial charge in [-0.25, -0.2) is 9.97 Å². The van der Waals surface area contributed by atoms with Gasteiger partial charge in [0.1, 0.15) is 5.69 Å². The Balaban J connectivity index is 1.84. The molecule has 0 N–H and O–H groups in total. The molecule has 1 aliphatic heterocycles. The maximum absolute atomic E-state index is 13.0. The third kappa shape index (κ3) is 4.16. The van der Waals surface area contributed by atoms with Gasteiger partial charge in [-0.15, -0.1) is 0 Å². The molecule has 0 bridgehead atoms. The van der Waals surface area contributed by atoms with Crippen molar-refractivity contribution in [2.24, 2.45) is 0 Å². The normalized spacial score (nSPS) is 14.9. The summed E-state index contributed by atoms with van der Waals surface area (Å²) in [5.41, 5.74) is 2.50. The second-order valence-electron chi connectivity index (χ2n) is 6.53. The van der Waals surface area contributed by atoms with Gasteiger partial charge in [0, 0.05) is 31.5 Å². The van der Waals surface area contributed by atoms with E-state index in [2.05, 4.69) is 14.9 Å². The highest BCUT2D eigenvalue weighted by molar-refractivity contribution is 6.04. The molecule has 5 nitrogen and oxygen atoms in total. The van der Waals surface area contributed by atoms with Crippen LogP contribution in [0.25, 0.3) is 0 Å². The molecule has 0 unspecified atom stereocenters. The average Bonchev–Trinajstić information content (AvgIpc) is 2.92. The summed E-state index contributed by atoms with van der Waals surface area (Å²) >= 11 is 0. The molecule has 1 aliphatic rings. The number of hydrogen-bond donors (Lipinski definition) is 0. The standard InChI is InChI=1S/C20H26N4O/c1-3-24(17-10-8-9-16(2)15-17)19(25)18-11-12-21-20(22-18)23-13-6-4-5-7-14-23/h8-12,15H,3-7,13-14H2,1-2H3. The smallest absolute Gasteiger partial charge is 0.277 e. The molecule has 1 fully saturated rings. The molecule has 1 amide bonds. The first kappa shape index (κ1) is 17.4. The Morgan fingerprint density at radius 2 is 1.92 bits per heavy atom. The van der Waals surface area contributed by atoms with E-state index >= 15 is 0 Å². The van der Waals surface area contributed by atoms with Crippen molar-refractivity contribution >= 4 is 17.5 Å². The molecule has 25 heavy (non-hydrogen) atoms. The first-order chi connectivity index (χ1) is 12.2. The van der Waals surface area contributed by atoms with Crippen molar-refractivity contribution in [3.05, 3.63) is 47.8 Å². The van der Waals surface area contributed by atoms with Gasteiger partial charge in [-0.1, -0.05) is 25.0 Å². The van der Waals surface area contributed by atoms with E-state index in [1.165, 1.54) is 12.8 Å². The van der Waals surface area contributed by atoms with Gasteiger partial charge in [0.2, 0.25) is 5.95 Å². The first-order valence-electron chi connectivity index (χ1n) is 9.15. The molecule has 2 aromatic rings. The van der Waals surface area contributed by atoms with E-state index in [0.717, 1.165) is 37.2 Å². The van der Waals surface area contributed by atoms with E-state index in [1.807, 2.05) is 38.1 Å². The van der Waals surface area contributed by atoms with Gasteiger partial charge < -0.3 is 9.80 Å². The Labute approximate surface area is 149 Å². The minimum Gasteiger partial charge on any atom is -0.341 e. The summed E-state index contributed by atoms with van der Waals surface area (Å²) in [6, 6.07) is 9.71. The number of aryl methyl sites for hydroxylation is 1. The first-order valence-corrected chi connectivity index (χ1v) is 9.15. The summed E-state index contributed by atoms with van der Waals surface area (Å²) in [6.45, 7) is 6.55. The van der Waals surface area contributed by atoms with E-state index in [4.69, 9.17) is 0 Å². The number of benzene rings is 1. The van der Waals surface area contributed by atoms with E-state index in [0.29, 0.717) is 18.2 Å². The Bertz CT molecular complexity index is 723. The van der Waals surface area contributed by atoms with Gasteiger partial charge in [-0.3, -0.25) is 4.79 Å². The number of rotatable bonds is 4. The molecular weight excluding hydrogens is 312 g/mol. The quantitative estimate of drug-likeness (QED) is 0.850. The monoisotopic (exact) mass is 338 g/mol. The highest BCUT2D eigenvalue weighted by Gasteiger charge is 2.20. The fourth-order valence-electron chi connectivity index (χ4n) is 3.27. The van der Waals surface area contributed by atoms with Crippen LogP contribution in [0.2, 0.25) is 0 Å². The molecule has 5 heteroatoms. The van der Waals surface area contributed by atoms with Gasteiger partial charge in [-0.2, -0.15) is 0 Å². The largest absolute Gasteiger partial charge is 0.341 e. The molecule has 3 rings (SSSR count). The lowest BCUT2D eigenvalue weighted by Gasteiger charge is -2.23. The van der Waals surface area contributed by atoms with Gasteiger partial charge in [0.15, 0.2) is 0 Å². The molecule has 1 aromatic heterocycles. The summed E-state index contributed by atoms with van der Waals surface area (Å²) in [5, 5.41) is 0. The van der Waals surface area contributed by atoms with Crippen LogP contribution in [0.15, 0.2) is 36.5 Å². The zero-order valence-electron chi connectivity index (χ0n) is 15.1. The lowest BCUT2D eigenvalue weighted by Crippen LogP contribution is -2.32. The number of amides is 1. The predicted molar refractivity (Wildman–Crippen MR) is 101 cm³/mol. The van der Waals surface area contributed by atoms with Crippen molar-refractivity contribution < 1.29 is 4.79 Å². The topological polar surface area (TPSA) is 49.3 Å².